The summed E-state index contributed by atoms with van der Waals surface area (Å²) in [4.78, 5) is 23.1. The summed E-state index contributed by atoms with van der Waals surface area (Å²) in [6.07, 6.45) is 8.39. The number of aromatic carboxylic acids is 1. The van der Waals surface area contributed by atoms with Gasteiger partial charge in [0.25, 0.3) is 0 Å². The molecule has 2 N–H and O–H groups in total. The summed E-state index contributed by atoms with van der Waals surface area (Å²) in [7, 11) is 0. The molecule has 0 aromatic heterocycles. The van der Waals surface area contributed by atoms with Crippen LogP contribution in [0, 0.1) is 46.8 Å². The molecule has 0 amide bonds. The van der Waals surface area contributed by atoms with Crippen molar-refractivity contribution in [3.63, 3.8) is 0 Å². The first-order valence-corrected chi connectivity index (χ1v) is 12.0. The number of ketones is 1. The van der Waals surface area contributed by atoms with Gasteiger partial charge in [-0.05, 0) is 98.5 Å². The SMILES string of the molecule is CC1CC2=CC(=O)CCC2C2CC[C@@]3(C)C(CC[C@@]3(O)C#Cc3ccc(C(=O)O)cc3)C12. The lowest BCUT2D eigenvalue weighted by Crippen LogP contribution is -2.54. The third-order valence-electron chi connectivity index (χ3n) is 9.34. The van der Waals surface area contributed by atoms with Crippen LogP contribution in [0.4, 0.5) is 0 Å². The maximum atomic E-state index is 12.0. The van der Waals surface area contributed by atoms with Gasteiger partial charge in [-0.2, -0.15) is 0 Å². The fraction of sp³-hybridized carbons (Fsp3) is 0.571. The summed E-state index contributed by atoms with van der Waals surface area (Å²) < 4.78 is 0. The third-order valence-corrected chi connectivity index (χ3v) is 9.34. The summed E-state index contributed by atoms with van der Waals surface area (Å²) in [5.74, 6) is 8.45. The van der Waals surface area contributed by atoms with E-state index in [1.54, 1.807) is 24.3 Å². The van der Waals surface area contributed by atoms with Crippen molar-refractivity contribution in [2.45, 2.75) is 64.4 Å². The minimum absolute atomic E-state index is 0.234. The first kappa shape index (κ1) is 21.5. The molecule has 1 aromatic carbocycles. The third kappa shape index (κ3) is 3.25. The zero-order valence-corrected chi connectivity index (χ0v) is 18.9. The molecule has 7 atom stereocenters. The van der Waals surface area contributed by atoms with E-state index in [9.17, 15) is 14.7 Å². The van der Waals surface area contributed by atoms with E-state index in [-0.39, 0.29) is 11.0 Å². The van der Waals surface area contributed by atoms with E-state index in [1.165, 1.54) is 5.57 Å². The standard InChI is InChI=1S/C28H32O4/c1-17-15-20-16-21(29)7-8-22(20)23-10-12-27(2)24(25(17)23)11-14-28(27,32)13-9-18-3-5-19(6-4-18)26(30)31/h3-6,16-17,22-25,32H,7-8,10-12,14-15H2,1-2H3,(H,30,31)/t17?,22?,23?,24?,25?,27-,28-/m0/s1. The number of hydrogen-bond acceptors (Lipinski definition) is 3. The first-order chi connectivity index (χ1) is 15.2. The maximum absolute atomic E-state index is 12.0. The molecule has 4 aliphatic carbocycles. The van der Waals surface area contributed by atoms with Crippen molar-refractivity contribution >= 4 is 11.8 Å². The topological polar surface area (TPSA) is 74.6 Å². The molecule has 0 saturated heterocycles. The number of hydrogen-bond donors (Lipinski definition) is 2. The van der Waals surface area contributed by atoms with Crippen LogP contribution in [0.15, 0.2) is 35.9 Å². The van der Waals surface area contributed by atoms with Crippen LogP contribution in [-0.4, -0.2) is 27.6 Å². The summed E-state index contributed by atoms with van der Waals surface area (Å²) in [5, 5.41) is 20.9. The van der Waals surface area contributed by atoms with Crippen LogP contribution in [0.1, 0.15) is 74.7 Å². The highest BCUT2D eigenvalue weighted by Gasteiger charge is 2.63. The van der Waals surface area contributed by atoms with Gasteiger partial charge in [-0.15, -0.1) is 0 Å². The van der Waals surface area contributed by atoms with Crippen LogP contribution in [0.25, 0.3) is 0 Å². The fourth-order valence-electron chi connectivity index (χ4n) is 7.68. The second kappa shape index (κ2) is 7.59. The van der Waals surface area contributed by atoms with Gasteiger partial charge in [0.2, 0.25) is 0 Å². The summed E-state index contributed by atoms with van der Waals surface area (Å²) >= 11 is 0. The molecule has 0 bridgehead atoms. The smallest absolute Gasteiger partial charge is 0.335 e. The van der Waals surface area contributed by atoms with Crippen LogP contribution in [-0.2, 0) is 4.79 Å². The molecular formula is C28H32O4. The number of aliphatic hydroxyl groups is 1. The van der Waals surface area contributed by atoms with E-state index in [1.807, 2.05) is 6.08 Å². The monoisotopic (exact) mass is 432 g/mol. The number of fused-ring (bicyclic) bond motifs is 5. The molecular weight excluding hydrogens is 400 g/mol. The molecule has 5 unspecified atom stereocenters. The van der Waals surface area contributed by atoms with Crippen LogP contribution in [0.2, 0.25) is 0 Å². The van der Waals surface area contributed by atoms with E-state index in [2.05, 4.69) is 25.7 Å². The Hall–Kier alpha value is -2.38. The molecule has 3 saturated carbocycles. The second-order valence-electron chi connectivity index (χ2n) is 10.8. The highest BCUT2D eigenvalue weighted by atomic mass is 16.4. The largest absolute Gasteiger partial charge is 0.478 e. The molecule has 0 aliphatic heterocycles. The molecule has 0 spiro atoms. The van der Waals surface area contributed by atoms with E-state index < -0.39 is 11.6 Å². The van der Waals surface area contributed by atoms with Gasteiger partial charge in [0.15, 0.2) is 5.78 Å². The minimum atomic E-state index is -1.02. The Morgan fingerprint density at radius 3 is 2.59 bits per heavy atom. The summed E-state index contributed by atoms with van der Waals surface area (Å²) in [5.41, 5.74) is 1.10. The lowest BCUT2D eigenvalue weighted by Gasteiger charge is -2.56. The minimum Gasteiger partial charge on any atom is -0.478 e. The van der Waals surface area contributed by atoms with Crippen molar-refractivity contribution in [1.29, 1.82) is 0 Å². The van der Waals surface area contributed by atoms with E-state index in [0.29, 0.717) is 48.2 Å². The predicted molar refractivity (Wildman–Crippen MR) is 122 cm³/mol. The first-order valence-electron chi connectivity index (χ1n) is 12.0. The zero-order valence-electron chi connectivity index (χ0n) is 18.9. The number of benzene rings is 1. The van der Waals surface area contributed by atoms with Crippen molar-refractivity contribution in [3.05, 3.63) is 47.0 Å². The van der Waals surface area contributed by atoms with Gasteiger partial charge < -0.3 is 10.2 Å². The van der Waals surface area contributed by atoms with Crippen molar-refractivity contribution < 1.29 is 19.8 Å². The molecule has 1 aromatic rings. The number of carboxylic acid groups (broad SMARTS) is 1. The van der Waals surface area contributed by atoms with Crippen molar-refractivity contribution in [2.24, 2.45) is 35.0 Å². The summed E-state index contributed by atoms with van der Waals surface area (Å²) in [6.45, 7) is 4.58. The van der Waals surface area contributed by atoms with Crippen molar-refractivity contribution in [3.8, 4) is 11.8 Å². The lowest BCUT2D eigenvalue weighted by molar-refractivity contribution is -0.117. The molecule has 5 rings (SSSR count). The van der Waals surface area contributed by atoms with Crippen molar-refractivity contribution in [2.75, 3.05) is 0 Å². The number of rotatable bonds is 1. The summed E-state index contributed by atoms with van der Waals surface area (Å²) in [6, 6.07) is 6.55. The van der Waals surface area contributed by atoms with Gasteiger partial charge in [0.05, 0.1) is 5.56 Å². The molecule has 0 heterocycles. The Balaban J connectivity index is 1.42. The van der Waals surface area contributed by atoms with Crippen molar-refractivity contribution in [1.82, 2.24) is 0 Å². The van der Waals surface area contributed by atoms with Crippen LogP contribution >= 0.6 is 0 Å². The Labute approximate surface area is 190 Å². The Morgan fingerprint density at radius 2 is 1.88 bits per heavy atom. The van der Waals surface area contributed by atoms with E-state index in [4.69, 9.17) is 5.11 Å². The Kier molecular flexibility index (Phi) is 5.09. The maximum Gasteiger partial charge on any atom is 0.335 e. The lowest BCUT2D eigenvalue weighted by atomic mass is 9.48. The Bertz CT molecular complexity index is 1040. The van der Waals surface area contributed by atoms with E-state index in [0.717, 1.165) is 37.7 Å². The zero-order chi connectivity index (χ0) is 22.7. The van der Waals surface area contributed by atoms with Crippen LogP contribution < -0.4 is 0 Å². The van der Waals surface area contributed by atoms with Gasteiger partial charge in [0, 0.05) is 17.4 Å². The van der Waals surface area contributed by atoms with Crippen LogP contribution in [0.5, 0.6) is 0 Å². The molecule has 168 valence electrons. The van der Waals surface area contributed by atoms with Gasteiger partial charge in [-0.3, -0.25) is 4.79 Å². The highest BCUT2D eigenvalue weighted by molar-refractivity contribution is 5.91. The number of carbonyl (C=O) groups is 2. The normalized spacial score (nSPS) is 40.3. The average Bonchev–Trinajstić information content (AvgIpc) is 3.03. The quantitative estimate of drug-likeness (QED) is 0.622. The van der Waals surface area contributed by atoms with Gasteiger partial charge in [-0.1, -0.05) is 31.3 Å². The number of carboxylic acids is 1. The van der Waals surface area contributed by atoms with Gasteiger partial charge >= 0.3 is 5.97 Å². The Morgan fingerprint density at radius 1 is 1.12 bits per heavy atom. The van der Waals surface area contributed by atoms with Crippen LogP contribution in [0.3, 0.4) is 0 Å². The molecule has 4 nitrogen and oxygen atoms in total. The number of carbonyl (C=O) groups excluding carboxylic acids is 1. The van der Waals surface area contributed by atoms with E-state index >= 15 is 0 Å². The molecule has 3 fully saturated rings. The number of allylic oxidation sites excluding steroid dienone is 1. The molecule has 32 heavy (non-hydrogen) atoms. The molecule has 4 aliphatic rings. The average molecular weight is 433 g/mol. The molecule has 4 heteroatoms. The highest BCUT2D eigenvalue weighted by Crippen LogP contribution is 2.65. The molecule has 0 radical (unpaired) electrons. The second-order valence-corrected chi connectivity index (χ2v) is 10.8. The van der Waals surface area contributed by atoms with Gasteiger partial charge in [0.1, 0.15) is 5.60 Å². The predicted octanol–water partition coefficient (Wildman–Crippen LogP) is 4.86. The fourth-order valence-corrected chi connectivity index (χ4v) is 7.68. The van der Waals surface area contributed by atoms with Gasteiger partial charge in [-0.25, -0.2) is 4.79 Å².